The molecule has 0 aliphatic carbocycles. The van der Waals surface area contributed by atoms with Crippen LogP contribution in [0.4, 0.5) is 5.69 Å². The van der Waals surface area contributed by atoms with Crippen LogP contribution in [-0.4, -0.2) is 12.4 Å². The van der Waals surface area contributed by atoms with Gasteiger partial charge in [0.2, 0.25) is 0 Å². The fourth-order valence-corrected chi connectivity index (χ4v) is 4.16. The van der Waals surface area contributed by atoms with Crippen LogP contribution in [0, 0.1) is 5.92 Å². The van der Waals surface area contributed by atoms with Crippen molar-refractivity contribution in [1.82, 2.24) is 0 Å². The molecule has 0 aromatic heterocycles. The van der Waals surface area contributed by atoms with Crippen molar-refractivity contribution in [1.29, 1.82) is 0 Å². The number of para-hydroxylation sites is 1. The molecule has 0 radical (unpaired) electrons. The highest BCUT2D eigenvalue weighted by molar-refractivity contribution is 8.00. The number of nitrogens with zero attached hydrogens (tertiary/aromatic N) is 1. The Hall–Kier alpha value is -0.630. The van der Waals surface area contributed by atoms with Crippen LogP contribution in [0.5, 0.6) is 0 Å². The largest absolute Gasteiger partial charge is 0.361 e. The molecule has 2 rings (SSSR count). The van der Waals surface area contributed by atoms with Gasteiger partial charge in [0, 0.05) is 11.9 Å². The molecule has 1 aromatic rings. The van der Waals surface area contributed by atoms with Crippen LogP contribution < -0.4 is 4.90 Å². The Morgan fingerprint density at radius 1 is 1.29 bits per heavy atom. The number of benzene rings is 1. The Morgan fingerprint density at radius 3 is 2.71 bits per heavy atom. The Balaban J connectivity index is 2.09. The first-order valence-electron chi connectivity index (χ1n) is 6.76. The second kappa shape index (κ2) is 5.81. The van der Waals surface area contributed by atoms with E-state index >= 15 is 0 Å². The second-order valence-electron chi connectivity index (χ2n) is 4.90. The van der Waals surface area contributed by atoms with Gasteiger partial charge in [-0.25, -0.2) is 0 Å². The third kappa shape index (κ3) is 2.62. The van der Waals surface area contributed by atoms with E-state index in [2.05, 4.69) is 61.8 Å². The van der Waals surface area contributed by atoms with Crippen molar-refractivity contribution in [3.05, 3.63) is 24.3 Å². The highest BCUT2D eigenvalue weighted by Gasteiger charge is 2.31. The van der Waals surface area contributed by atoms with Gasteiger partial charge in [-0.2, -0.15) is 0 Å². The monoisotopic (exact) mass is 249 g/mol. The number of anilines is 1. The maximum absolute atomic E-state index is 2.48. The van der Waals surface area contributed by atoms with Gasteiger partial charge in [-0.3, -0.25) is 0 Å². The molecule has 0 saturated carbocycles. The molecule has 1 aromatic carbocycles. The molecule has 1 aliphatic heterocycles. The first kappa shape index (κ1) is 12.8. The predicted octanol–water partition coefficient (Wildman–Crippen LogP) is 4.77. The van der Waals surface area contributed by atoms with Gasteiger partial charge in [-0.15, -0.1) is 0 Å². The molecule has 0 saturated heterocycles. The topological polar surface area (TPSA) is 3.24 Å². The Morgan fingerprint density at radius 2 is 2.06 bits per heavy atom. The molecule has 17 heavy (non-hydrogen) atoms. The predicted molar refractivity (Wildman–Crippen MR) is 77.8 cm³/mol. The van der Waals surface area contributed by atoms with Crippen molar-refractivity contribution in [2.24, 2.45) is 5.92 Å². The van der Waals surface area contributed by atoms with Gasteiger partial charge < -0.3 is 4.90 Å². The fraction of sp³-hybridized carbons (Fsp3) is 0.600. The Labute approximate surface area is 110 Å². The normalized spacial score (nSPS) is 20.4. The summed E-state index contributed by atoms with van der Waals surface area (Å²) in [6, 6.07) is 8.79. The quantitative estimate of drug-likeness (QED) is 0.739. The zero-order chi connectivity index (χ0) is 12.3. The SMILES string of the molecule is CCCC[C@H](CC)[C@@H]1Sc2ccccc2N1C. The summed E-state index contributed by atoms with van der Waals surface area (Å²) in [6.07, 6.45) is 5.32. The summed E-state index contributed by atoms with van der Waals surface area (Å²) in [7, 11) is 2.25. The molecule has 1 nitrogen and oxygen atoms in total. The minimum Gasteiger partial charge on any atom is -0.361 e. The van der Waals surface area contributed by atoms with Gasteiger partial charge in [0.1, 0.15) is 0 Å². The highest BCUT2D eigenvalue weighted by Crippen LogP contribution is 2.46. The summed E-state index contributed by atoms with van der Waals surface area (Å²) < 4.78 is 0. The summed E-state index contributed by atoms with van der Waals surface area (Å²) in [4.78, 5) is 3.93. The molecule has 2 heteroatoms. The first-order chi connectivity index (χ1) is 8.27. The first-order valence-corrected chi connectivity index (χ1v) is 7.64. The molecule has 1 aliphatic rings. The third-order valence-electron chi connectivity index (χ3n) is 3.73. The van der Waals surface area contributed by atoms with Gasteiger partial charge in [0.25, 0.3) is 0 Å². The zero-order valence-electron chi connectivity index (χ0n) is 11.1. The summed E-state index contributed by atoms with van der Waals surface area (Å²) in [5.74, 6) is 0.817. The van der Waals surface area contributed by atoms with Crippen LogP contribution in [0.15, 0.2) is 29.2 Å². The minimum absolute atomic E-state index is 0.643. The molecule has 0 unspecified atom stereocenters. The number of fused-ring (bicyclic) bond motifs is 1. The summed E-state index contributed by atoms with van der Waals surface area (Å²) in [5, 5.41) is 0.643. The Kier molecular flexibility index (Phi) is 4.38. The van der Waals surface area contributed by atoms with E-state index in [0.717, 1.165) is 5.92 Å². The molecular weight excluding hydrogens is 226 g/mol. The fourth-order valence-electron chi connectivity index (χ4n) is 2.62. The standard InChI is InChI=1S/C15H23NS/c1-4-6-9-12(5-2)15-16(3)13-10-7-8-11-14(13)17-15/h7-8,10-12,15H,4-6,9H2,1-3H3/t12-,15-/m0/s1. The van der Waals surface area contributed by atoms with E-state index in [1.807, 2.05) is 0 Å². The summed E-state index contributed by atoms with van der Waals surface area (Å²) in [6.45, 7) is 4.62. The maximum Gasteiger partial charge on any atom is 0.0822 e. The summed E-state index contributed by atoms with van der Waals surface area (Å²) in [5.41, 5.74) is 1.41. The molecule has 0 amide bonds. The molecule has 0 N–H and O–H groups in total. The van der Waals surface area contributed by atoms with Gasteiger partial charge in [0.05, 0.1) is 11.1 Å². The third-order valence-corrected chi connectivity index (χ3v) is 5.27. The van der Waals surface area contributed by atoms with Crippen LogP contribution in [-0.2, 0) is 0 Å². The van der Waals surface area contributed by atoms with Gasteiger partial charge in [-0.05, 0) is 24.5 Å². The number of hydrogen-bond acceptors (Lipinski definition) is 2. The van der Waals surface area contributed by atoms with E-state index in [1.54, 1.807) is 0 Å². The van der Waals surface area contributed by atoms with Crippen LogP contribution in [0.25, 0.3) is 0 Å². The van der Waals surface area contributed by atoms with Crippen molar-refractivity contribution in [3.63, 3.8) is 0 Å². The maximum atomic E-state index is 2.48. The van der Waals surface area contributed by atoms with Crippen molar-refractivity contribution in [2.75, 3.05) is 11.9 Å². The van der Waals surface area contributed by atoms with Crippen molar-refractivity contribution in [3.8, 4) is 0 Å². The molecule has 1 heterocycles. The lowest BCUT2D eigenvalue weighted by Crippen LogP contribution is -2.31. The molecule has 0 fully saturated rings. The van der Waals surface area contributed by atoms with E-state index in [9.17, 15) is 0 Å². The van der Waals surface area contributed by atoms with Crippen molar-refractivity contribution >= 4 is 17.4 Å². The number of unbranched alkanes of at least 4 members (excludes halogenated alkanes) is 1. The van der Waals surface area contributed by atoms with Gasteiger partial charge in [0.15, 0.2) is 0 Å². The van der Waals surface area contributed by atoms with Crippen LogP contribution in [0.3, 0.4) is 0 Å². The average Bonchev–Trinajstić information content (AvgIpc) is 2.69. The van der Waals surface area contributed by atoms with E-state index in [4.69, 9.17) is 0 Å². The number of thioether (sulfide) groups is 1. The van der Waals surface area contributed by atoms with Gasteiger partial charge in [-0.1, -0.05) is 57.0 Å². The van der Waals surface area contributed by atoms with E-state index in [-0.39, 0.29) is 0 Å². The number of rotatable bonds is 5. The zero-order valence-corrected chi connectivity index (χ0v) is 12.0. The van der Waals surface area contributed by atoms with Crippen molar-refractivity contribution < 1.29 is 0 Å². The molecule has 94 valence electrons. The lowest BCUT2D eigenvalue weighted by Gasteiger charge is -2.29. The lowest BCUT2D eigenvalue weighted by molar-refractivity contribution is 0.434. The van der Waals surface area contributed by atoms with Crippen LogP contribution in [0.1, 0.15) is 39.5 Å². The number of hydrogen-bond donors (Lipinski definition) is 0. The van der Waals surface area contributed by atoms with E-state index in [1.165, 1.54) is 36.3 Å². The van der Waals surface area contributed by atoms with Crippen molar-refractivity contribution in [2.45, 2.75) is 49.8 Å². The average molecular weight is 249 g/mol. The highest BCUT2D eigenvalue weighted by atomic mass is 32.2. The molecule has 0 bridgehead atoms. The van der Waals surface area contributed by atoms with Crippen LogP contribution >= 0.6 is 11.8 Å². The molecular formula is C15H23NS. The Bertz CT molecular complexity index is 364. The second-order valence-corrected chi connectivity index (χ2v) is 6.06. The smallest absolute Gasteiger partial charge is 0.0822 e. The summed E-state index contributed by atoms with van der Waals surface area (Å²) >= 11 is 2.05. The van der Waals surface area contributed by atoms with E-state index < -0.39 is 0 Å². The molecule has 2 atom stereocenters. The van der Waals surface area contributed by atoms with Gasteiger partial charge >= 0.3 is 0 Å². The lowest BCUT2D eigenvalue weighted by atomic mass is 9.98. The minimum atomic E-state index is 0.643. The molecule has 0 spiro atoms. The van der Waals surface area contributed by atoms with E-state index in [0.29, 0.717) is 5.37 Å². The van der Waals surface area contributed by atoms with Crippen LogP contribution in [0.2, 0.25) is 0 Å².